The zero-order chi connectivity index (χ0) is 22.8. The zero-order valence-corrected chi connectivity index (χ0v) is 18.3. The van der Waals surface area contributed by atoms with Crippen molar-refractivity contribution in [1.82, 2.24) is 0 Å². The summed E-state index contributed by atoms with van der Waals surface area (Å²) in [7, 11) is 1.75. The molecule has 0 atom stereocenters. The topological polar surface area (TPSA) is 69.7 Å². The Morgan fingerprint density at radius 3 is 2.22 bits per heavy atom. The Hall–Kier alpha value is -3.90. The number of carbonyl (C=O) groups excluding carboxylic acids is 3. The van der Waals surface area contributed by atoms with Gasteiger partial charge in [-0.1, -0.05) is 48.0 Å². The number of halogens is 1. The minimum Gasteiger partial charge on any atom is -0.339 e. The van der Waals surface area contributed by atoms with Crippen molar-refractivity contribution in [2.24, 2.45) is 0 Å². The van der Waals surface area contributed by atoms with Crippen LogP contribution >= 0.6 is 11.6 Å². The lowest BCUT2D eigenvalue weighted by Crippen LogP contribution is -2.34. The predicted molar refractivity (Wildman–Crippen MR) is 126 cm³/mol. The van der Waals surface area contributed by atoms with E-state index in [1.807, 2.05) is 30.3 Å². The van der Waals surface area contributed by atoms with Gasteiger partial charge < -0.3 is 10.2 Å². The molecule has 0 saturated carbocycles. The standard InChI is InChI=1S/C25H20ClN3O3/c1-16(30)27-19-13-11-17(12-14-19)22-23(28(2)20-8-4-3-5-9-20)25(32)29(24(22)31)21-10-6-7-18(26)15-21/h3-15H,1-2H3,(H,27,30). The molecule has 0 saturated heterocycles. The van der Waals surface area contributed by atoms with E-state index >= 15 is 0 Å². The molecule has 1 heterocycles. The van der Waals surface area contributed by atoms with E-state index in [-0.39, 0.29) is 17.2 Å². The second kappa shape index (κ2) is 8.69. The van der Waals surface area contributed by atoms with Crippen LogP contribution in [-0.4, -0.2) is 24.8 Å². The van der Waals surface area contributed by atoms with Crippen molar-refractivity contribution < 1.29 is 14.4 Å². The summed E-state index contributed by atoms with van der Waals surface area (Å²) in [5.41, 5.74) is 2.87. The van der Waals surface area contributed by atoms with Crippen LogP contribution in [-0.2, 0) is 14.4 Å². The smallest absolute Gasteiger partial charge is 0.282 e. The van der Waals surface area contributed by atoms with Crippen LogP contribution in [0.2, 0.25) is 5.02 Å². The normalized spacial score (nSPS) is 13.5. The van der Waals surface area contributed by atoms with Gasteiger partial charge in [-0.15, -0.1) is 0 Å². The van der Waals surface area contributed by atoms with E-state index in [2.05, 4.69) is 5.32 Å². The van der Waals surface area contributed by atoms with Gasteiger partial charge in [-0.2, -0.15) is 0 Å². The van der Waals surface area contributed by atoms with E-state index in [9.17, 15) is 14.4 Å². The van der Waals surface area contributed by atoms with Gasteiger partial charge in [0.15, 0.2) is 0 Å². The van der Waals surface area contributed by atoms with Gasteiger partial charge in [0, 0.05) is 30.4 Å². The second-order valence-corrected chi connectivity index (χ2v) is 7.74. The van der Waals surface area contributed by atoms with E-state index in [1.54, 1.807) is 60.5 Å². The van der Waals surface area contributed by atoms with Crippen LogP contribution < -0.4 is 15.1 Å². The maximum absolute atomic E-state index is 13.5. The number of imide groups is 1. The molecule has 0 radical (unpaired) electrons. The van der Waals surface area contributed by atoms with Gasteiger partial charge in [-0.25, -0.2) is 4.90 Å². The van der Waals surface area contributed by atoms with Crippen LogP contribution in [0.15, 0.2) is 84.6 Å². The number of carbonyl (C=O) groups is 3. The van der Waals surface area contributed by atoms with Crippen molar-refractivity contribution in [3.8, 4) is 0 Å². The molecule has 3 aromatic carbocycles. The summed E-state index contributed by atoms with van der Waals surface area (Å²) in [6.07, 6.45) is 0. The molecule has 32 heavy (non-hydrogen) atoms. The quantitative estimate of drug-likeness (QED) is 0.577. The summed E-state index contributed by atoms with van der Waals surface area (Å²) in [5, 5.41) is 3.13. The summed E-state index contributed by atoms with van der Waals surface area (Å²) in [6.45, 7) is 1.42. The van der Waals surface area contributed by atoms with Gasteiger partial charge in [0.05, 0.1) is 11.3 Å². The van der Waals surface area contributed by atoms with Gasteiger partial charge in [0.25, 0.3) is 11.8 Å². The van der Waals surface area contributed by atoms with Crippen LogP contribution in [0.5, 0.6) is 0 Å². The Bertz CT molecular complexity index is 1240. The average Bonchev–Trinajstić information content (AvgIpc) is 3.04. The Balaban J connectivity index is 1.84. The van der Waals surface area contributed by atoms with Crippen LogP contribution in [0.1, 0.15) is 12.5 Å². The second-order valence-electron chi connectivity index (χ2n) is 7.30. The van der Waals surface area contributed by atoms with E-state index in [0.717, 1.165) is 10.6 Å². The molecule has 160 valence electrons. The highest BCUT2D eigenvalue weighted by atomic mass is 35.5. The fourth-order valence-corrected chi connectivity index (χ4v) is 3.83. The molecule has 3 amide bonds. The van der Waals surface area contributed by atoms with Crippen molar-refractivity contribution in [3.05, 3.63) is 95.1 Å². The first-order valence-corrected chi connectivity index (χ1v) is 10.3. The van der Waals surface area contributed by atoms with Crippen molar-refractivity contribution in [2.45, 2.75) is 6.92 Å². The number of para-hydroxylation sites is 1. The molecule has 7 heteroatoms. The van der Waals surface area contributed by atoms with Gasteiger partial charge in [-0.3, -0.25) is 14.4 Å². The third kappa shape index (κ3) is 4.00. The van der Waals surface area contributed by atoms with Gasteiger partial charge in [0.1, 0.15) is 5.70 Å². The Morgan fingerprint density at radius 1 is 0.906 bits per heavy atom. The van der Waals surface area contributed by atoms with Crippen molar-refractivity contribution in [3.63, 3.8) is 0 Å². The lowest BCUT2D eigenvalue weighted by atomic mass is 10.0. The van der Waals surface area contributed by atoms with Crippen LogP contribution in [0.3, 0.4) is 0 Å². The number of nitrogens with zero attached hydrogens (tertiary/aromatic N) is 2. The first-order valence-electron chi connectivity index (χ1n) is 9.92. The molecule has 1 N–H and O–H groups in total. The van der Waals surface area contributed by atoms with E-state index in [4.69, 9.17) is 11.6 Å². The molecule has 0 unspecified atom stereocenters. The monoisotopic (exact) mass is 445 g/mol. The van der Waals surface area contributed by atoms with Gasteiger partial charge in [-0.05, 0) is 48.0 Å². The number of hydrogen-bond acceptors (Lipinski definition) is 4. The molecule has 1 aliphatic heterocycles. The minimum atomic E-state index is -0.442. The summed E-state index contributed by atoms with van der Waals surface area (Å²) in [6, 6.07) is 22.8. The summed E-state index contributed by atoms with van der Waals surface area (Å²) >= 11 is 6.12. The number of amides is 3. The lowest BCUT2D eigenvalue weighted by Gasteiger charge is -2.21. The minimum absolute atomic E-state index is 0.194. The highest BCUT2D eigenvalue weighted by Gasteiger charge is 2.42. The summed E-state index contributed by atoms with van der Waals surface area (Å²) in [5.74, 6) is -1.08. The molecule has 1 aliphatic rings. The summed E-state index contributed by atoms with van der Waals surface area (Å²) < 4.78 is 0. The fraction of sp³-hybridized carbons (Fsp3) is 0.0800. The maximum Gasteiger partial charge on any atom is 0.282 e. The van der Waals surface area contributed by atoms with Crippen LogP contribution in [0, 0.1) is 0 Å². The van der Waals surface area contributed by atoms with E-state index in [1.165, 1.54) is 6.92 Å². The number of hydrogen-bond donors (Lipinski definition) is 1. The van der Waals surface area contributed by atoms with Gasteiger partial charge >= 0.3 is 0 Å². The van der Waals surface area contributed by atoms with E-state index in [0.29, 0.717) is 22.0 Å². The Kier molecular flexibility index (Phi) is 5.79. The molecule has 0 bridgehead atoms. The molecule has 0 fully saturated rings. The van der Waals surface area contributed by atoms with Crippen molar-refractivity contribution in [1.29, 1.82) is 0 Å². The highest BCUT2D eigenvalue weighted by molar-refractivity contribution is 6.46. The Morgan fingerprint density at radius 2 is 1.59 bits per heavy atom. The largest absolute Gasteiger partial charge is 0.339 e. The van der Waals surface area contributed by atoms with E-state index < -0.39 is 11.8 Å². The first kappa shape index (κ1) is 21.3. The van der Waals surface area contributed by atoms with Crippen LogP contribution in [0.25, 0.3) is 5.57 Å². The molecule has 3 aromatic rings. The van der Waals surface area contributed by atoms with Crippen LogP contribution in [0.4, 0.5) is 17.1 Å². The summed E-state index contributed by atoms with van der Waals surface area (Å²) in [4.78, 5) is 41.3. The third-order valence-electron chi connectivity index (χ3n) is 5.10. The number of rotatable bonds is 5. The Labute approximate surface area is 190 Å². The molecule has 0 spiro atoms. The zero-order valence-electron chi connectivity index (χ0n) is 17.5. The molecule has 4 rings (SSSR count). The lowest BCUT2D eigenvalue weighted by molar-refractivity contribution is -0.120. The molecular formula is C25H20ClN3O3. The SMILES string of the molecule is CC(=O)Nc1ccc(C2=C(N(C)c3ccccc3)C(=O)N(c3cccc(Cl)c3)C2=O)cc1. The molecule has 6 nitrogen and oxygen atoms in total. The average molecular weight is 446 g/mol. The fourth-order valence-electron chi connectivity index (χ4n) is 3.64. The number of anilines is 3. The number of nitrogens with one attached hydrogen (secondary N) is 1. The third-order valence-corrected chi connectivity index (χ3v) is 5.33. The molecule has 0 aliphatic carbocycles. The van der Waals surface area contributed by atoms with Crippen molar-refractivity contribution >= 4 is 52.0 Å². The highest BCUT2D eigenvalue weighted by Crippen LogP contribution is 2.36. The molecular weight excluding hydrogens is 426 g/mol. The number of likely N-dealkylation sites (N-methyl/N-ethyl adjacent to an activating group) is 1. The predicted octanol–water partition coefficient (Wildman–Crippen LogP) is 4.72. The molecule has 0 aromatic heterocycles. The van der Waals surface area contributed by atoms with Gasteiger partial charge in [0.2, 0.25) is 5.91 Å². The number of benzene rings is 3. The van der Waals surface area contributed by atoms with Crippen molar-refractivity contribution in [2.75, 3.05) is 22.2 Å². The maximum atomic E-state index is 13.5. The first-order chi connectivity index (χ1) is 15.4.